The van der Waals surface area contributed by atoms with Gasteiger partial charge in [0.05, 0.1) is 0 Å². The summed E-state index contributed by atoms with van der Waals surface area (Å²) in [7, 11) is 0. The minimum absolute atomic E-state index is 0. The molecular weight excluding hydrogens is 387 g/mol. The van der Waals surface area contributed by atoms with Gasteiger partial charge in [-0.05, 0) is 63.4 Å². The van der Waals surface area contributed by atoms with E-state index < -0.39 is 5.76 Å². The first-order valence-corrected chi connectivity index (χ1v) is 8.25. The normalized spacial score (nSPS) is 15.8. The molecule has 3 rings (SSSR count). The van der Waals surface area contributed by atoms with E-state index in [2.05, 4.69) is 27.8 Å². The molecule has 1 atom stereocenters. The van der Waals surface area contributed by atoms with Crippen molar-refractivity contribution < 1.29 is 4.42 Å². The van der Waals surface area contributed by atoms with Gasteiger partial charge >= 0.3 is 5.76 Å². The number of H-pyrrole nitrogens is 1. The van der Waals surface area contributed by atoms with Gasteiger partial charge in [-0.1, -0.05) is 11.6 Å². The number of hydrogen-bond donors (Lipinski definition) is 3. The molecule has 0 bridgehead atoms. The van der Waals surface area contributed by atoms with Crippen molar-refractivity contribution in [3.8, 4) is 11.5 Å². The van der Waals surface area contributed by atoms with Gasteiger partial charge in [0.15, 0.2) is 0 Å². The number of benzene rings is 1. The minimum Gasteiger partial charge on any atom is -0.388 e. The Hall–Kier alpha value is -1.21. The van der Waals surface area contributed by atoms with Gasteiger partial charge in [-0.2, -0.15) is 0 Å². The molecule has 0 amide bonds. The number of aromatic nitrogens is 2. The van der Waals surface area contributed by atoms with Crippen molar-refractivity contribution in [2.45, 2.75) is 32.7 Å². The molecule has 0 spiro atoms. The first-order valence-electron chi connectivity index (χ1n) is 7.88. The summed E-state index contributed by atoms with van der Waals surface area (Å²) in [6.45, 7) is 6.30. The Labute approximate surface area is 163 Å². The Morgan fingerprint density at radius 2 is 2.00 bits per heavy atom. The zero-order valence-corrected chi connectivity index (χ0v) is 16.5. The molecule has 25 heavy (non-hydrogen) atoms. The Morgan fingerprint density at radius 3 is 2.60 bits per heavy atom. The number of anilines is 1. The van der Waals surface area contributed by atoms with E-state index in [4.69, 9.17) is 16.0 Å². The topological polar surface area (TPSA) is 83.0 Å². The molecule has 1 aliphatic heterocycles. The molecule has 2 aromatic rings. The van der Waals surface area contributed by atoms with Crippen molar-refractivity contribution in [3.63, 3.8) is 0 Å². The van der Waals surface area contributed by atoms with E-state index in [0.717, 1.165) is 37.2 Å². The van der Waals surface area contributed by atoms with E-state index in [9.17, 15) is 4.79 Å². The van der Waals surface area contributed by atoms with Crippen LogP contribution in [0.1, 0.15) is 25.3 Å². The summed E-state index contributed by atoms with van der Waals surface area (Å²) in [5.41, 5.74) is 2.61. The highest BCUT2D eigenvalue weighted by Crippen LogP contribution is 2.31. The molecular formula is C16H23Cl3N4O2. The number of halogens is 3. The Morgan fingerprint density at radius 1 is 1.32 bits per heavy atom. The largest absolute Gasteiger partial charge is 0.434 e. The van der Waals surface area contributed by atoms with E-state index in [-0.39, 0.29) is 30.7 Å². The molecule has 1 saturated heterocycles. The number of nitrogens with zero attached hydrogens (tertiary/aromatic N) is 1. The number of rotatable bonds is 4. The van der Waals surface area contributed by atoms with Crippen LogP contribution in [-0.2, 0) is 0 Å². The SMILES string of the molecule is Cc1c(Cl)cc(-c2n[nH]c(=O)o2)cc1N[C@@H](C)C1CCNCC1.Cl.Cl. The number of hydrogen-bond acceptors (Lipinski definition) is 5. The molecule has 0 radical (unpaired) electrons. The fourth-order valence-corrected chi connectivity index (χ4v) is 3.23. The second kappa shape index (κ2) is 9.48. The molecule has 0 aliphatic carbocycles. The summed E-state index contributed by atoms with van der Waals surface area (Å²) >= 11 is 6.34. The predicted molar refractivity (Wildman–Crippen MR) is 105 cm³/mol. The maximum atomic E-state index is 11.1. The van der Waals surface area contributed by atoms with E-state index in [1.807, 2.05) is 13.0 Å². The lowest BCUT2D eigenvalue weighted by Crippen LogP contribution is -2.36. The number of piperidine rings is 1. The van der Waals surface area contributed by atoms with Crippen molar-refractivity contribution >= 4 is 42.1 Å². The quantitative estimate of drug-likeness (QED) is 0.718. The van der Waals surface area contributed by atoms with Crippen molar-refractivity contribution in [3.05, 3.63) is 33.3 Å². The van der Waals surface area contributed by atoms with E-state index in [1.54, 1.807) is 6.07 Å². The van der Waals surface area contributed by atoms with E-state index in [0.29, 0.717) is 22.5 Å². The highest BCUT2D eigenvalue weighted by atomic mass is 35.5. The summed E-state index contributed by atoms with van der Waals surface area (Å²) in [5, 5.41) is 13.7. The van der Waals surface area contributed by atoms with Crippen LogP contribution in [0.25, 0.3) is 11.5 Å². The summed E-state index contributed by atoms with van der Waals surface area (Å²) in [6, 6.07) is 4.03. The van der Waals surface area contributed by atoms with Gasteiger partial charge in [-0.15, -0.1) is 29.9 Å². The lowest BCUT2D eigenvalue weighted by Gasteiger charge is -2.30. The molecule has 9 heteroatoms. The molecule has 140 valence electrons. The van der Waals surface area contributed by atoms with Crippen molar-refractivity contribution in [2.75, 3.05) is 18.4 Å². The molecule has 1 fully saturated rings. The van der Waals surface area contributed by atoms with Crippen molar-refractivity contribution in [2.24, 2.45) is 5.92 Å². The van der Waals surface area contributed by atoms with Gasteiger partial charge in [0.2, 0.25) is 5.89 Å². The summed E-state index contributed by atoms with van der Waals surface area (Å²) < 4.78 is 5.02. The molecule has 0 unspecified atom stereocenters. The number of aromatic amines is 1. The maximum absolute atomic E-state index is 11.1. The third-order valence-electron chi connectivity index (χ3n) is 4.50. The zero-order chi connectivity index (χ0) is 16.4. The molecule has 6 nitrogen and oxygen atoms in total. The monoisotopic (exact) mass is 408 g/mol. The second-order valence-electron chi connectivity index (χ2n) is 6.07. The predicted octanol–water partition coefficient (Wildman–Crippen LogP) is 3.64. The van der Waals surface area contributed by atoms with Gasteiger partial charge in [0, 0.05) is 22.3 Å². The molecule has 1 aliphatic rings. The fraction of sp³-hybridized carbons (Fsp3) is 0.500. The van der Waals surface area contributed by atoms with Crippen LogP contribution in [0.4, 0.5) is 5.69 Å². The number of nitrogens with one attached hydrogen (secondary N) is 3. The van der Waals surface area contributed by atoms with Gasteiger partial charge in [0.25, 0.3) is 0 Å². The van der Waals surface area contributed by atoms with Crippen molar-refractivity contribution in [1.29, 1.82) is 0 Å². The third-order valence-corrected chi connectivity index (χ3v) is 4.90. The second-order valence-corrected chi connectivity index (χ2v) is 6.48. The van der Waals surface area contributed by atoms with Crippen molar-refractivity contribution in [1.82, 2.24) is 15.5 Å². The van der Waals surface area contributed by atoms with Crippen LogP contribution in [0.5, 0.6) is 0 Å². The van der Waals surface area contributed by atoms with Crippen LogP contribution in [0.3, 0.4) is 0 Å². The van der Waals surface area contributed by atoms with Crippen LogP contribution in [-0.4, -0.2) is 29.3 Å². The lowest BCUT2D eigenvalue weighted by atomic mass is 9.91. The standard InChI is InChI=1S/C16H21ClN4O2.2ClH/c1-9-13(17)7-12(15-20-21-16(22)23-15)8-14(9)19-10(2)11-3-5-18-6-4-11;;/h7-8,10-11,18-19H,3-6H2,1-2H3,(H,21,22);2*1H/t10-;;/m0../s1. The summed E-state index contributed by atoms with van der Waals surface area (Å²) in [4.78, 5) is 11.1. The lowest BCUT2D eigenvalue weighted by molar-refractivity contribution is 0.343. The van der Waals surface area contributed by atoms with Crippen LogP contribution in [0, 0.1) is 12.8 Å². The van der Waals surface area contributed by atoms with E-state index in [1.165, 1.54) is 0 Å². The van der Waals surface area contributed by atoms with Crippen LogP contribution >= 0.6 is 36.4 Å². The van der Waals surface area contributed by atoms with E-state index >= 15 is 0 Å². The Kier molecular flexibility index (Phi) is 8.28. The van der Waals surface area contributed by atoms with Crippen LogP contribution < -0.4 is 16.4 Å². The highest BCUT2D eigenvalue weighted by Gasteiger charge is 2.21. The third kappa shape index (κ3) is 5.14. The van der Waals surface area contributed by atoms with Gasteiger partial charge < -0.3 is 15.1 Å². The average molecular weight is 410 g/mol. The molecule has 3 N–H and O–H groups in total. The maximum Gasteiger partial charge on any atom is 0.434 e. The smallest absolute Gasteiger partial charge is 0.388 e. The highest BCUT2D eigenvalue weighted by molar-refractivity contribution is 6.32. The fourth-order valence-electron chi connectivity index (χ4n) is 3.01. The summed E-state index contributed by atoms with van der Waals surface area (Å²) in [6.07, 6.45) is 2.32. The van der Waals surface area contributed by atoms with Crippen LogP contribution in [0.2, 0.25) is 5.02 Å². The first-order chi connectivity index (χ1) is 11.0. The van der Waals surface area contributed by atoms with Gasteiger partial charge in [-0.3, -0.25) is 0 Å². The Balaban J connectivity index is 0.00000156. The summed E-state index contributed by atoms with van der Waals surface area (Å²) in [5.74, 6) is 0.296. The average Bonchev–Trinajstić information content (AvgIpc) is 2.99. The first kappa shape index (κ1) is 21.8. The molecule has 1 aromatic heterocycles. The molecule has 0 saturated carbocycles. The van der Waals surface area contributed by atoms with Gasteiger partial charge in [0.1, 0.15) is 0 Å². The molecule has 2 heterocycles. The zero-order valence-electron chi connectivity index (χ0n) is 14.1. The molecule has 1 aromatic carbocycles. The minimum atomic E-state index is -0.575. The van der Waals surface area contributed by atoms with Crippen LogP contribution in [0.15, 0.2) is 21.3 Å². The Bertz CT molecular complexity index is 741. The van der Waals surface area contributed by atoms with Gasteiger partial charge in [-0.25, -0.2) is 9.89 Å².